The van der Waals surface area contributed by atoms with Gasteiger partial charge in [0.1, 0.15) is 0 Å². The molecule has 0 aliphatic rings. The van der Waals surface area contributed by atoms with Gasteiger partial charge < -0.3 is 5.73 Å². The van der Waals surface area contributed by atoms with Crippen LogP contribution in [0.15, 0.2) is 6.20 Å². The minimum absolute atomic E-state index is 0.218. The van der Waals surface area contributed by atoms with Crippen molar-refractivity contribution in [3.63, 3.8) is 0 Å². The van der Waals surface area contributed by atoms with Crippen molar-refractivity contribution in [2.75, 3.05) is 5.73 Å². The van der Waals surface area contributed by atoms with Crippen molar-refractivity contribution in [2.24, 2.45) is 0 Å². The SMILES string of the molecule is Cc1cnc(N)nn1. The van der Waals surface area contributed by atoms with Crippen molar-refractivity contribution in [1.82, 2.24) is 15.2 Å². The van der Waals surface area contributed by atoms with Crippen LogP contribution in [0.1, 0.15) is 5.69 Å². The molecule has 1 rings (SSSR count). The van der Waals surface area contributed by atoms with Crippen LogP contribution in [-0.2, 0) is 0 Å². The highest BCUT2D eigenvalue weighted by atomic mass is 15.2. The summed E-state index contributed by atoms with van der Waals surface area (Å²) in [5.41, 5.74) is 5.92. The highest BCUT2D eigenvalue weighted by Gasteiger charge is 1.84. The number of aryl methyl sites for hydroxylation is 1. The van der Waals surface area contributed by atoms with Crippen LogP contribution in [0, 0.1) is 6.92 Å². The van der Waals surface area contributed by atoms with E-state index in [-0.39, 0.29) is 5.95 Å². The third-order valence-electron chi connectivity index (χ3n) is 0.694. The first-order valence-electron chi connectivity index (χ1n) is 2.21. The van der Waals surface area contributed by atoms with Gasteiger partial charge in [-0.3, -0.25) is 0 Å². The van der Waals surface area contributed by atoms with Gasteiger partial charge in [-0.05, 0) is 6.92 Å². The van der Waals surface area contributed by atoms with Crippen LogP contribution in [0.25, 0.3) is 0 Å². The zero-order chi connectivity index (χ0) is 5.98. The van der Waals surface area contributed by atoms with E-state index >= 15 is 0 Å². The molecular formula is C4H6N4. The van der Waals surface area contributed by atoms with E-state index in [9.17, 15) is 0 Å². The minimum atomic E-state index is 0.218. The Morgan fingerprint density at radius 2 is 2.25 bits per heavy atom. The number of nitrogen functional groups attached to an aromatic ring is 1. The van der Waals surface area contributed by atoms with Crippen LogP contribution in [-0.4, -0.2) is 15.2 Å². The van der Waals surface area contributed by atoms with Gasteiger partial charge in [0.15, 0.2) is 0 Å². The molecule has 0 radical (unpaired) electrons. The van der Waals surface area contributed by atoms with Crippen LogP contribution in [0.5, 0.6) is 0 Å². The Labute approximate surface area is 46.8 Å². The van der Waals surface area contributed by atoms with E-state index in [1.807, 2.05) is 0 Å². The summed E-state index contributed by atoms with van der Waals surface area (Å²) in [5, 5.41) is 7.14. The monoisotopic (exact) mass is 110 g/mol. The molecule has 0 aliphatic heterocycles. The van der Waals surface area contributed by atoms with E-state index in [4.69, 9.17) is 5.73 Å². The van der Waals surface area contributed by atoms with E-state index in [0.29, 0.717) is 0 Å². The average Bonchev–Trinajstić information content (AvgIpc) is 1.77. The lowest BCUT2D eigenvalue weighted by Crippen LogP contribution is -1.96. The number of aromatic nitrogens is 3. The quantitative estimate of drug-likeness (QED) is 0.500. The first-order valence-corrected chi connectivity index (χ1v) is 2.21. The Bertz CT molecular complexity index is 147. The third-order valence-corrected chi connectivity index (χ3v) is 0.694. The van der Waals surface area contributed by atoms with Crippen LogP contribution in [0.2, 0.25) is 0 Å². The molecule has 1 heterocycles. The third kappa shape index (κ3) is 0.900. The second-order valence-corrected chi connectivity index (χ2v) is 1.46. The Morgan fingerprint density at radius 1 is 1.50 bits per heavy atom. The largest absolute Gasteiger partial charge is 0.366 e. The van der Waals surface area contributed by atoms with Gasteiger partial charge in [0.05, 0.1) is 11.9 Å². The predicted molar refractivity (Wildman–Crippen MR) is 29.0 cm³/mol. The molecule has 2 N–H and O–H groups in total. The molecule has 0 aromatic carbocycles. The summed E-state index contributed by atoms with van der Waals surface area (Å²) in [6.45, 7) is 1.80. The molecule has 0 saturated carbocycles. The standard InChI is InChI=1S/C4H6N4/c1-3-2-6-4(5)8-7-3/h2H,1H3,(H2,5,6,8). The van der Waals surface area contributed by atoms with Crippen LogP contribution < -0.4 is 5.73 Å². The lowest BCUT2D eigenvalue weighted by atomic mass is 10.6. The molecule has 0 saturated heterocycles. The van der Waals surface area contributed by atoms with Crippen LogP contribution in [0.3, 0.4) is 0 Å². The fourth-order valence-corrected chi connectivity index (χ4v) is 0.341. The van der Waals surface area contributed by atoms with Gasteiger partial charge in [-0.15, -0.1) is 5.10 Å². The first-order chi connectivity index (χ1) is 3.79. The molecule has 0 spiro atoms. The van der Waals surface area contributed by atoms with Gasteiger partial charge in [0.25, 0.3) is 0 Å². The number of hydrogen-bond acceptors (Lipinski definition) is 4. The summed E-state index contributed by atoms with van der Waals surface area (Å²) in [6.07, 6.45) is 1.57. The van der Waals surface area contributed by atoms with Crippen LogP contribution >= 0.6 is 0 Å². The van der Waals surface area contributed by atoms with Gasteiger partial charge in [-0.1, -0.05) is 0 Å². The zero-order valence-electron chi connectivity index (χ0n) is 4.50. The second-order valence-electron chi connectivity index (χ2n) is 1.46. The highest BCUT2D eigenvalue weighted by Crippen LogP contribution is 1.86. The maximum absolute atomic E-state index is 5.14. The Hall–Kier alpha value is -1.19. The van der Waals surface area contributed by atoms with Crippen LogP contribution in [0.4, 0.5) is 5.95 Å². The van der Waals surface area contributed by atoms with E-state index in [2.05, 4.69) is 15.2 Å². The van der Waals surface area contributed by atoms with Gasteiger partial charge in [-0.2, -0.15) is 5.10 Å². The molecule has 0 atom stereocenters. The molecular weight excluding hydrogens is 104 g/mol. The van der Waals surface area contributed by atoms with Crippen molar-refractivity contribution >= 4 is 5.95 Å². The molecule has 42 valence electrons. The fourth-order valence-electron chi connectivity index (χ4n) is 0.341. The average molecular weight is 110 g/mol. The Kier molecular flexibility index (Phi) is 1.07. The van der Waals surface area contributed by atoms with Gasteiger partial charge in [-0.25, -0.2) is 4.98 Å². The number of rotatable bonds is 0. The molecule has 4 nitrogen and oxygen atoms in total. The van der Waals surface area contributed by atoms with Gasteiger partial charge in [0, 0.05) is 0 Å². The summed E-state index contributed by atoms with van der Waals surface area (Å²) in [7, 11) is 0. The van der Waals surface area contributed by atoms with Crippen molar-refractivity contribution < 1.29 is 0 Å². The Balaban J connectivity index is 3.03. The van der Waals surface area contributed by atoms with Crippen molar-refractivity contribution in [3.05, 3.63) is 11.9 Å². The maximum Gasteiger partial charge on any atom is 0.240 e. The summed E-state index contributed by atoms with van der Waals surface area (Å²) < 4.78 is 0. The van der Waals surface area contributed by atoms with Crippen molar-refractivity contribution in [2.45, 2.75) is 6.92 Å². The van der Waals surface area contributed by atoms with Gasteiger partial charge in [0.2, 0.25) is 5.95 Å². The first kappa shape index (κ1) is 4.96. The number of nitrogens with zero attached hydrogens (tertiary/aromatic N) is 3. The normalized spacial score (nSPS) is 9.12. The fraction of sp³-hybridized carbons (Fsp3) is 0.250. The molecule has 4 heteroatoms. The van der Waals surface area contributed by atoms with Crippen molar-refractivity contribution in [3.8, 4) is 0 Å². The second kappa shape index (κ2) is 1.73. The van der Waals surface area contributed by atoms with E-state index in [1.165, 1.54) is 0 Å². The lowest BCUT2D eigenvalue weighted by Gasteiger charge is -1.86. The molecule has 0 fully saturated rings. The predicted octanol–water partition coefficient (Wildman–Crippen LogP) is -0.238. The van der Waals surface area contributed by atoms with E-state index in [1.54, 1.807) is 13.1 Å². The number of hydrogen-bond donors (Lipinski definition) is 1. The van der Waals surface area contributed by atoms with E-state index in [0.717, 1.165) is 5.69 Å². The van der Waals surface area contributed by atoms with Crippen molar-refractivity contribution in [1.29, 1.82) is 0 Å². The summed E-state index contributed by atoms with van der Waals surface area (Å²) in [5.74, 6) is 0.218. The molecule has 0 aliphatic carbocycles. The molecule has 0 amide bonds. The topological polar surface area (TPSA) is 64.7 Å². The minimum Gasteiger partial charge on any atom is -0.366 e. The smallest absolute Gasteiger partial charge is 0.240 e. The molecule has 8 heavy (non-hydrogen) atoms. The molecule has 0 unspecified atom stereocenters. The summed E-state index contributed by atoms with van der Waals surface area (Å²) in [4.78, 5) is 3.68. The molecule has 1 aromatic heterocycles. The summed E-state index contributed by atoms with van der Waals surface area (Å²) in [6, 6.07) is 0. The Morgan fingerprint density at radius 3 is 2.62 bits per heavy atom. The van der Waals surface area contributed by atoms with Gasteiger partial charge >= 0.3 is 0 Å². The lowest BCUT2D eigenvalue weighted by molar-refractivity contribution is 0.940. The summed E-state index contributed by atoms with van der Waals surface area (Å²) >= 11 is 0. The highest BCUT2D eigenvalue weighted by molar-refractivity contribution is 5.10. The molecule has 0 bridgehead atoms. The molecule has 1 aromatic rings. The zero-order valence-corrected chi connectivity index (χ0v) is 4.50. The number of nitrogens with two attached hydrogens (primary N) is 1. The maximum atomic E-state index is 5.14. The van der Waals surface area contributed by atoms with E-state index < -0.39 is 0 Å². The number of anilines is 1.